The molecule has 0 radical (unpaired) electrons. The third kappa shape index (κ3) is 9.93. The topological polar surface area (TPSA) is 74.8 Å². The molecule has 8 heteroatoms. The average Bonchev–Trinajstić information content (AvgIpc) is 2.63. The van der Waals surface area contributed by atoms with E-state index >= 15 is 0 Å². The third-order valence-electron chi connectivity index (χ3n) is 4.26. The number of aliphatic imine (C=N–C) groups is 1. The molecule has 0 aliphatic heterocycles. The Hall–Kier alpha value is -1.06. The number of nitrogens with zero attached hydrogens (tertiary/aromatic N) is 1. The minimum absolute atomic E-state index is 0. The predicted molar refractivity (Wildman–Crippen MR) is 129 cm³/mol. The summed E-state index contributed by atoms with van der Waals surface area (Å²) in [6, 6.07) is 5.47. The molecule has 0 saturated carbocycles. The molecule has 0 bridgehead atoms. The van der Waals surface area contributed by atoms with Gasteiger partial charge >= 0.3 is 0 Å². The first-order valence-corrected chi connectivity index (χ1v) is 9.87. The minimum Gasteiger partial charge on any atom is -0.378 e. The van der Waals surface area contributed by atoms with Crippen molar-refractivity contribution in [1.82, 2.24) is 10.6 Å². The molecule has 0 aliphatic rings. The summed E-state index contributed by atoms with van der Waals surface area (Å²) in [7, 11) is 1.72. The largest absolute Gasteiger partial charge is 0.378 e. The van der Waals surface area contributed by atoms with E-state index in [1.54, 1.807) is 13.1 Å². The predicted octanol–water partition coefficient (Wildman–Crippen LogP) is 4.21. The molecule has 0 spiro atoms. The van der Waals surface area contributed by atoms with Crippen molar-refractivity contribution in [2.24, 2.45) is 10.9 Å². The Morgan fingerprint density at radius 1 is 1.25 bits per heavy atom. The zero-order valence-electron chi connectivity index (χ0n) is 17.5. The fourth-order valence-electron chi connectivity index (χ4n) is 2.63. The molecule has 0 fully saturated rings. The summed E-state index contributed by atoms with van der Waals surface area (Å²) >= 11 is 6.08. The number of halogens is 2. The summed E-state index contributed by atoms with van der Waals surface area (Å²) in [6.45, 7) is 10.2. The van der Waals surface area contributed by atoms with Crippen molar-refractivity contribution >= 4 is 53.1 Å². The number of ether oxygens (including phenoxy) is 1. The van der Waals surface area contributed by atoms with E-state index < -0.39 is 0 Å². The van der Waals surface area contributed by atoms with Gasteiger partial charge in [0.05, 0.1) is 6.10 Å². The average molecular weight is 525 g/mol. The fourth-order valence-corrected chi connectivity index (χ4v) is 2.80. The van der Waals surface area contributed by atoms with Crippen LogP contribution < -0.4 is 16.0 Å². The Kier molecular flexibility index (Phi) is 14.3. The first-order chi connectivity index (χ1) is 12.9. The molecular formula is C20H34ClIN4O2. The minimum atomic E-state index is -0.0699. The number of amides is 1. The second-order valence-corrected chi connectivity index (χ2v) is 7.07. The van der Waals surface area contributed by atoms with Gasteiger partial charge in [0, 0.05) is 43.9 Å². The first kappa shape index (κ1) is 26.9. The van der Waals surface area contributed by atoms with Gasteiger partial charge in [0.15, 0.2) is 5.96 Å². The molecule has 6 nitrogen and oxygen atoms in total. The smallest absolute Gasteiger partial charge is 0.226 e. The van der Waals surface area contributed by atoms with Crippen LogP contribution in [-0.2, 0) is 9.53 Å². The zero-order chi connectivity index (χ0) is 20.2. The van der Waals surface area contributed by atoms with E-state index in [2.05, 4.69) is 34.8 Å². The second-order valence-electron chi connectivity index (χ2n) is 6.66. The molecule has 3 N–H and O–H groups in total. The number of guanidine groups is 1. The summed E-state index contributed by atoms with van der Waals surface area (Å²) in [5.74, 6) is 1.08. The highest BCUT2D eigenvalue weighted by atomic mass is 127. The SMILES string of the molecule is CCOC(CCNC(=NC)NCCC(=O)Nc1cccc(Cl)c1C)C(C)C.I. The van der Waals surface area contributed by atoms with Crippen LogP contribution in [0, 0.1) is 12.8 Å². The lowest BCUT2D eigenvalue weighted by atomic mass is 10.0. The number of nitrogens with one attached hydrogen (secondary N) is 3. The van der Waals surface area contributed by atoms with Crippen LogP contribution in [-0.4, -0.2) is 44.7 Å². The second kappa shape index (κ2) is 14.9. The van der Waals surface area contributed by atoms with E-state index in [0.717, 1.165) is 30.8 Å². The zero-order valence-corrected chi connectivity index (χ0v) is 20.6. The van der Waals surface area contributed by atoms with Crippen LogP contribution in [0.25, 0.3) is 0 Å². The van der Waals surface area contributed by atoms with Crippen LogP contribution in [0.2, 0.25) is 5.02 Å². The van der Waals surface area contributed by atoms with Crippen molar-refractivity contribution < 1.29 is 9.53 Å². The van der Waals surface area contributed by atoms with Crippen molar-refractivity contribution in [3.63, 3.8) is 0 Å². The van der Waals surface area contributed by atoms with Gasteiger partial charge in [-0.05, 0) is 43.9 Å². The fraction of sp³-hybridized carbons (Fsp3) is 0.600. The maximum Gasteiger partial charge on any atom is 0.226 e. The summed E-state index contributed by atoms with van der Waals surface area (Å²) < 4.78 is 5.74. The maximum absolute atomic E-state index is 12.1. The van der Waals surface area contributed by atoms with E-state index in [-0.39, 0.29) is 36.0 Å². The van der Waals surface area contributed by atoms with Crippen molar-refractivity contribution in [3.8, 4) is 0 Å². The summed E-state index contributed by atoms with van der Waals surface area (Å²) in [6.07, 6.45) is 1.47. The van der Waals surface area contributed by atoms with Crippen LogP contribution in [0.15, 0.2) is 23.2 Å². The van der Waals surface area contributed by atoms with Crippen molar-refractivity contribution in [2.75, 3.05) is 32.1 Å². The molecule has 1 aromatic rings. The van der Waals surface area contributed by atoms with Crippen molar-refractivity contribution in [3.05, 3.63) is 28.8 Å². The third-order valence-corrected chi connectivity index (χ3v) is 4.66. The quantitative estimate of drug-likeness (QED) is 0.243. The van der Waals surface area contributed by atoms with Crippen LogP contribution in [0.3, 0.4) is 0 Å². The van der Waals surface area contributed by atoms with E-state index in [4.69, 9.17) is 16.3 Å². The molecular weight excluding hydrogens is 491 g/mol. The summed E-state index contributed by atoms with van der Waals surface area (Å²) in [5, 5.41) is 9.95. The van der Waals surface area contributed by atoms with Gasteiger partial charge in [0.25, 0.3) is 0 Å². The molecule has 0 aliphatic carbocycles. The molecule has 0 aromatic heterocycles. The van der Waals surface area contributed by atoms with Crippen LogP contribution in [0.4, 0.5) is 5.69 Å². The molecule has 1 unspecified atom stereocenters. The standard InChI is InChI=1S/C20H33ClN4O2.HI/c1-6-27-18(14(2)3)10-12-23-20(22-5)24-13-11-19(26)25-17-9-7-8-16(21)15(17)4;/h7-9,14,18H,6,10-13H2,1-5H3,(H,25,26)(H2,22,23,24);1H. The van der Waals surface area contributed by atoms with Crippen LogP contribution >= 0.6 is 35.6 Å². The van der Waals surface area contributed by atoms with Crippen LogP contribution in [0.1, 0.15) is 39.2 Å². The van der Waals surface area contributed by atoms with Gasteiger partial charge in [-0.25, -0.2) is 0 Å². The Morgan fingerprint density at radius 2 is 1.93 bits per heavy atom. The van der Waals surface area contributed by atoms with Crippen LogP contribution in [0.5, 0.6) is 0 Å². The van der Waals surface area contributed by atoms with Crippen molar-refractivity contribution in [1.29, 1.82) is 0 Å². The Bertz CT molecular complexity index is 626. The molecule has 0 heterocycles. The number of hydrogen-bond acceptors (Lipinski definition) is 3. The lowest BCUT2D eigenvalue weighted by Gasteiger charge is -2.21. The normalized spacial score (nSPS) is 12.3. The van der Waals surface area contributed by atoms with Gasteiger partial charge in [-0.3, -0.25) is 9.79 Å². The molecule has 1 amide bonds. The van der Waals surface area contributed by atoms with E-state index in [0.29, 0.717) is 29.9 Å². The lowest BCUT2D eigenvalue weighted by Crippen LogP contribution is -2.40. The number of rotatable bonds is 10. The molecule has 0 saturated heterocycles. The molecule has 1 rings (SSSR count). The van der Waals surface area contributed by atoms with E-state index in [1.165, 1.54) is 0 Å². The number of hydrogen-bond donors (Lipinski definition) is 3. The Balaban J connectivity index is 0.00000729. The first-order valence-electron chi connectivity index (χ1n) is 9.50. The number of carbonyl (C=O) groups excluding carboxylic acids is 1. The van der Waals surface area contributed by atoms with Crippen molar-refractivity contribution in [2.45, 2.75) is 46.6 Å². The highest BCUT2D eigenvalue weighted by Crippen LogP contribution is 2.22. The molecule has 1 aromatic carbocycles. The van der Waals surface area contributed by atoms with Gasteiger partial charge in [0.1, 0.15) is 0 Å². The molecule has 160 valence electrons. The van der Waals surface area contributed by atoms with Gasteiger partial charge in [0.2, 0.25) is 5.91 Å². The molecule has 1 atom stereocenters. The van der Waals surface area contributed by atoms with Gasteiger partial charge in [-0.1, -0.05) is 31.5 Å². The number of benzene rings is 1. The maximum atomic E-state index is 12.1. The highest BCUT2D eigenvalue weighted by molar-refractivity contribution is 14.0. The summed E-state index contributed by atoms with van der Waals surface area (Å²) in [4.78, 5) is 16.3. The number of anilines is 1. The van der Waals surface area contributed by atoms with Gasteiger partial charge in [-0.2, -0.15) is 0 Å². The van der Waals surface area contributed by atoms with Gasteiger partial charge in [-0.15, -0.1) is 24.0 Å². The van der Waals surface area contributed by atoms with Gasteiger partial charge < -0.3 is 20.7 Å². The highest BCUT2D eigenvalue weighted by Gasteiger charge is 2.13. The number of carbonyl (C=O) groups is 1. The summed E-state index contributed by atoms with van der Waals surface area (Å²) in [5.41, 5.74) is 1.61. The monoisotopic (exact) mass is 524 g/mol. The van der Waals surface area contributed by atoms with E-state index in [1.807, 2.05) is 26.0 Å². The van der Waals surface area contributed by atoms with E-state index in [9.17, 15) is 4.79 Å². The Morgan fingerprint density at radius 3 is 2.54 bits per heavy atom. The molecule has 28 heavy (non-hydrogen) atoms. The lowest BCUT2D eigenvalue weighted by molar-refractivity contribution is -0.116. The Labute approximate surface area is 191 Å².